The van der Waals surface area contributed by atoms with Crippen LogP contribution in [-0.2, 0) is 20.9 Å². The average Bonchev–Trinajstić information content (AvgIpc) is 3.04. The Morgan fingerprint density at radius 2 is 1.58 bits per heavy atom. The van der Waals surface area contributed by atoms with E-state index >= 15 is 0 Å². The van der Waals surface area contributed by atoms with Gasteiger partial charge in [0, 0.05) is 13.1 Å². The van der Waals surface area contributed by atoms with Gasteiger partial charge in [-0.25, -0.2) is 0 Å². The number of rotatable bonds is 6. The molecule has 0 spiro atoms. The molecule has 31 heavy (non-hydrogen) atoms. The van der Waals surface area contributed by atoms with Gasteiger partial charge < -0.3 is 19.1 Å². The van der Waals surface area contributed by atoms with Crippen molar-refractivity contribution in [1.82, 2.24) is 9.80 Å². The topological polar surface area (TPSA) is 68.3 Å². The van der Waals surface area contributed by atoms with E-state index in [4.69, 9.17) is 14.2 Å². The predicted octanol–water partition coefficient (Wildman–Crippen LogP) is 2.62. The summed E-state index contributed by atoms with van der Waals surface area (Å²) in [5, 5.41) is 0. The van der Waals surface area contributed by atoms with Crippen molar-refractivity contribution in [2.45, 2.75) is 13.5 Å². The normalized spacial score (nSPS) is 16.9. The van der Waals surface area contributed by atoms with Crippen molar-refractivity contribution in [2.75, 3.05) is 40.5 Å². The second-order valence-corrected chi connectivity index (χ2v) is 7.57. The zero-order valence-electron chi connectivity index (χ0n) is 18.0. The minimum atomic E-state index is -0.287. The van der Waals surface area contributed by atoms with E-state index in [1.54, 1.807) is 26.4 Å². The highest BCUT2D eigenvalue weighted by Crippen LogP contribution is 2.34. The Labute approximate surface area is 181 Å². The lowest BCUT2D eigenvalue weighted by atomic mass is 10.0. The summed E-state index contributed by atoms with van der Waals surface area (Å²) in [6.07, 6.45) is 0. The highest BCUT2D eigenvalue weighted by atomic mass is 16.5. The van der Waals surface area contributed by atoms with E-state index in [1.165, 1.54) is 4.90 Å². The lowest BCUT2D eigenvalue weighted by molar-refractivity contribution is -0.138. The van der Waals surface area contributed by atoms with E-state index in [2.05, 4.69) is 0 Å². The lowest BCUT2D eigenvalue weighted by Gasteiger charge is -2.29. The first-order chi connectivity index (χ1) is 15.0. The number of benzene rings is 2. The molecule has 0 unspecified atom stereocenters. The van der Waals surface area contributed by atoms with Crippen LogP contribution in [0.25, 0.3) is 5.57 Å². The number of aryl methyl sites for hydroxylation is 1. The van der Waals surface area contributed by atoms with Crippen LogP contribution < -0.4 is 9.47 Å². The van der Waals surface area contributed by atoms with E-state index in [-0.39, 0.29) is 18.4 Å². The smallest absolute Gasteiger partial charge is 0.278 e. The third-order valence-corrected chi connectivity index (χ3v) is 5.60. The Balaban J connectivity index is 1.70. The van der Waals surface area contributed by atoms with E-state index in [9.17, 15) is 9.59 Å². The van der Waals surface area contributed by atoms with Crippen molar-refractivity contribution < 1.29 is 23.8 Å². The van der Waals surface area contributed by atoms with Crippen molar-refractivity contribution in [3.63, 3.8) is 0 Å². The number of carbonyl (C=O) groups excluding carboxylic acids is 2. The third-order valence-electron chi connectivity index (χ3n) is 5.60. The molecule has 1 saturated heterocycles. The number of morpholine rings is 1. The molecule has 2 heterocycles. The van der Waals surface area contributed by atoms with Crippen LogP contribution in [0.3, 0.4) is 0 Å². The Hall–Kier alpha value is -3.32. The van der Waals surface area contributed by atoms with Crippen molar-refractivity contribution in [2.24, 2.45) is 0 Å². The molecule has 0 bridgehead atoms. The molecule has 2 amide bonds. The van der Waals surface area contributed by atoms with Crippen LogP contribution in [0, 0.1) is 6.92 Å². The summed E-state index contributed by atoms with van der Waals surface area (Å²) in [4.78, 5) is 30.2. The summed E-state index contributed by atoms with van der Waals surface area (Å²) >= 11 is 0. The van der Waals surface area contributed by atoms with Crippen LogP contribution >= 0.6 is 0 Å². The fourth-order valence-electron chi connectivity index (χ4n) is 3.93. The van der Waals surface area contributed by atoms with Crippen LogP contribution in [-0.4, -0.2) is 62.1 Å². The predicted molar refractivity (Wildman–Crippen MR) is 116 cm³/mol. The van der Waals surface area contributed by atoms with Gasteiger partial charge in [0.05, 0.1) is 39.6 Å². The SMILES string of the molecule is COc1ccc(CN2C(=O)C(c3ccc(C)cc3)=C(N3CCOCC3)C2=O)cc1OC. The average molecular weight is 422 g/mol. The van der Waals surface area contributed by atoms with E-state index in [1.807, 2.05) is 42.2 Å². The molecule has 2 aromatic rings. The van der Waals surface area contributed by atoms with Gasteiger partial charge in [-0.2, -0.15) is 0 Å². The molecule has 162 valence electrons. The Kier molecular flexibility index (Phi) is 5.95. The highest BCUT2D eigenvalue weighted by Gasteiger charge is 2.41. The Bertz CT molecular complexity index is 1020. The lowest BCUT2D eigenvalue weighted by Crippen LogP contribution is -2.40. The maximum absolute atomic E-state index is 13.5. The van der Waals surface area contributed by atoms with Gasteiger partial charge in [-0.15, -0.1) is 0 Å². The van der Waals surface area contributed by atoms with Crippen molar-refractivity contribution >= 4 is 17.4 Å². The van der Waals surface area contributed by atoms with Crippen molar-refractivity contribution in [1.29, 1.82) is 0 Å². The zero-order chi connectivity index (χ0) is 22.0. The molecule has 7 heteroatoms. The van der Waals surface area contributed by atoms with Gasteiger partial charge in [0.2, 0.25) is 0 Å². The number of imide groups is 1. The minimum absolute atomic E-state index is 0.154. The molecular weight excluding hydrogens is 396 g/mol. The first-order valence-corrected chi connectivity index (χ1v) is 10.2. The monoisotopic (exact) mass is 422 g/mol. The van der Waals surface area contributed by atoms with E-state index in [0.29, 0.717) is 49.1 Å². The third kappa shape index (κ3) is 4.01. The molecule has 2 aliphatic heterocycles. The molecule has 0 radical (unpaired) electrons. The summed E-state index contributed by atoms with van der Waals surface area (Å²) < 4.78 is 16.1. The second kappa shape index (κ2) is 8.81. The van der Waals surface area contributed by atoms with Crippen LogP contribution in [0.1, 0.15) is 16.7 Å². The van der Waals surface area contributed by atoms with Gasteiger partial charge in [-0.05, 0) is 30.2 Å². The molecule has 0 aliphatic carbocycles. The molecule has 0 atom stereocenters. The molecule has 4 rings (SSSR count). The molecule has 1 fully saturated rings. The minimum Gasteiger partial charge on any atom is -0.493 e. The maximum atomic E-state index is 13.5. The molecule has 0 N–H and O–H groups in total. The van der Waals surface area contributed by atoms with Gasteiger partial charge in [0.15, 0.2) is 11.5 Å². The second-order valence-electron chi connectivity index (χ2n) is 7.57. The standard InChI is InChI=1S/C24H26N2O5/c1-16-4-7-18(8-5-16)21-22(25-10-12-31-13-11-25)24(28)26(23(21)27)15-17-6-9-19(29-2)20(14-17)30-3/h4-9,14H,10-13,15H2,1-3H3. The Morgan fingerprint density at radius 3 is 2.23 bits per heavy atom. The van der Waals surface area contributed by atoms with Crippen LogP contribution in [0.4, 0.5) is 0 Å². The fraction of sp³-hybridized carbons (Fsp3) is 0.333. The Morgan fingerprint density at radius 1 is 0.903 bits per heavy atom. The molecular formula is C24H26N2O5. The van der Waals surface area contributed by atoms with Gasteiger partial charge in [-0.1, -0.05) is 35.9 Å². The van der Waals surface area contributed by atoms with Crippen molar-refractivity contribution in [3.8, 4) is 11.5 Å². The maximum Gasteiger partial charge on any atom is 0.278 e. The fourth-order valence-corrected chi connectivity index (χ4v) is 3.93. The molecule has 7 nitrogen and oxygen atoms in total. The number of hydrogen-bond acceptors (Lipinski definition) is 6. The number of hydrogen-bond donors (Lipinski definition) is 0. The van der Waals surface area contributed by atoms with E-state index < -0.39 is 0 Å². The first kappa shape index (κ1) is 20.9. The summed E-state index contributed by atoms with van der Waals surface area (Å²) in [6, 6.07) is 13.1. The molecule has 2 aromatic carbocycles. The summed E-state index contributed by atoms with van der Waals surface area (Å²) in [7, 11) is 3.12. The first-order valence-electron chi connectivity index (χ1n) is 10.2. The van der Waals surface area contributed by atoms with Gasteiger partial charge in [-0.3, -0.25) is 14.5 Å². The van der Waals surface area contributed by atoms with Gasteiger partial charge in [0.25, 0.3) is 11.8 Å². The van der Waals surface area contributed by atoms with Crippen molar-refractivity contribution in [3.05, 3.63) is 64.9 Å². The highest BCUT2D eigenvalue weighted by molar-refractivity contribution is 6.35. The molecule has 2 aliphatic rings. The molecule has 0 saturated carbocycles. The number of amides is 2. The van der Waals surface area contributed by atoms with Gasteiger partial charge in [0.1, 0.15) is 5.70 Å². The summed E-state index contributed by atoms with van der Waals surface area (Å²) in [6.45, 7) is 4.36. The van der Waals surface area contributed by atoms with Gasteiger partial charge >= 0.3 is 0 Å². The van der Waals surface area contributed by atoms with E-state index in [0.717, 1.165) is 16.7 Å². The number of nitrogens with zero attached hydrogens (tertiary/aromatic N) is 2. The van der Waals surface area contributed by atoms with Crippen LogP contribution in [0.2, 0.25) is 0 Å². The largest absolute Gasteiger partial charge is 0.493 e. The number of carbonyl (C=O) groups is 2. The summed E-state index contributed by atoms with van der Waals surface area (Å²) in [5.41, 5.74) is 3.53. The summed E-state index contributed by atoms with van der Waals surface area (Å²) in [5.74, 6) is 0.583. The zero-order valence-corrected chi connectivity index (χ0v) is 18.0. The number of ether oxygens (including phenoxy) is 3. The molecule has 0 aromatic heterocycles. The number of methoxy groups -OCH3 is 2. The van der Waals surface area contributed by atoms with Crippen LogP contribution in [0.5, 0.6) is 11.5 Å². The van der Waals surface area contributed by atoms with Crippen LogP contribution in [0.15, 0.2) is 48.2 Å². The quantitative estimate of drug-likeness (QED) is 0.667.